The summed E-state index contributed by atoms with van der Waals surface area (Å²) in [5.74, 6) is 0.389. The molecule has 1 fully saturated rings. The maximum Gasteiger partial charge on any atom is 0.0583 e. The average molecular weight is 129 g/mol. The number of aliphatic hydroxyl groups is 1. The number of hydrogen-bond donors (Lipinski definition) is 2. The molecule has 0 heterocycles. The lowest BCUT2D eigenvalue weighted by atomic mass is 10.0. The zero-order chi connectivity index (χ0) is 7.07. The zero-order valence-electron chi connectivity index (χ0n) is 6.09. The highest BCUT2D eigenvalue weighted by atomic mass is 16.3. The van der Waals surface area contributed by atoms with Gasteiger partial charge >= 0.3 is 0 Å². The first-order chi connectivity index (χ1) is 4.01. The van der Waals surface area contributed by atoms with Crippen LogP contribution in [0.4, 0.5) is 0 Å². The molecule has 0 amide bonds. The zero-order valence-corrected chi connectivity index (χ0v) is 6.09. The molecule has 0 aliphatic heterocycles. The molecule has 0 aromatic rings. The highest BCUT2D eigenvalue weighted by Crippen LogP contribution is 2.31. The highest BCUT2D eigenvalue weighted by Gasteiger charge is 2.35. The Labute approximate surface area is 56.1 Å². The van der Waals surface area contributed by atoms with E-state index in [1.54, 1.807) is 0 Å². The van der Waals surface area contributed by atoms with Crippen LogP contribution in [0.3, 0.4) is 0 Å². The Balaban J connectivity index is 2.54. The average Bonchev–Trinajstić information content (AvgIpc) is 1.79. The first-order valence-corrected chi connectivity index (χ1v) is 3.48. The minimum absolute atomic E-state index is 0.112. The molecule has 0 radical (unpaired) electrons. The fraction of sp³-hybridized carbons (Fsp3) is 1.00. The van der Waals surface area contributed by atoms with Gasteiger partial charge in [0, 0.05) is 5.54 Å². The molecule has 1 rings (SSSR count). The summed E-state index contributed by atoms with van der Waals surface area (Å²) in [6.45, 7) is 4.04. The normalized spacial score (nSPS) is 52.0. The molecule has 3 atom stereocenters. The van der Waals surface area contributed by atoms with Gasteiger partial charge in [-0.25, -0.2) is 0 Å². The standard InChI is InChI=1S/C7H15NO/c1-5-3-7(2,8)4-6(5)9/h5-6,9H,3-4,8H2,1-2H3/t5-,6-,7-/m1/s1. The van der Waals surface area contributed by atoms with E-state index in [1.165, 1.54) is 0 Å². The molecule has 1 aliphatic carbocycles. The van der Waals surface area contributed by atoms with Gasteiger partial charge in [-0.1, -0.05) is 6.92 Å². The van der Waals surface area contributed by atoms with Gasteiger partial charge in [0.05, 0.1) is 6.10 Å². The summed E-state index contributed by atoms with van der Waals surface area (Å²) in [7, 11) is 0. The van der Waals surface area contributed by atoms with Gasteiger partial charge in [-0.15, -0.1) is 0 Å². The van der Waals surface area contributed by atoms with Crippen molar-refractivity contribution in [1.82, 2.24) is 0 Å². The number of hydrogen-bond acceptors (Lipinski definition) is 2. The second-order valence-corrected chi connectivity index (χ2v) is 3.61. The Morgan fingerprint density at radius 2 is 2.11 bits per heavy atom. The minimum atomic E-state index is -0.167. The van der Waals surface area contributed by atoms with Gasteiger partial charge in [0.1, 0.15) is 0 Å². The molecule has 0 unspecified atom stereocenters. The summed E-state index contributed by atoms with van der Waals surface area (Å²) in [5.41, 5.74) is 5.69. The summed E-state index contributed by atoms with van der Waals surface area (Å²) in [6, 6.07) is 0. The third-order valence-electron chi connectivity index (χ3n) is 2.12. The van der Waals surface area contributed by atoms with Crippen molar-refractivity contribution in [2.24, 2.45) is 11.7 Å². The van der Waals surface area contributed by atoms with Gasteiger partial charge in [-0.05, 0) is 25.7 Å². The summed E-state index contributed by atoms with van der Waals surface area (Å²) < 4.78 is 0. The van der Waals surface area contributed by atoms with Crippen LogP contribution in [0.15, 0.2) is 0 Å². The molecule has 1 aliphatic rings. The molecule has 1 saturated carbocycles. The quantitative estimate of drug-likeness (QED) is 0.500. The summed E-state index contributed by atoms with van der Waals surface area (Å²) >= 11 is 0. The van der Waals surface area contributed by atoms with Crippen molar-refractivity contribution in [2.75, 3.05) is 0 Å². The Kier molecular flexibility index (Phi) is 1.53. The lowest BCUT2D eigenvalue weighted by Gasteiger charge is -2.15. The van der Waals surface area contributed by atoms with Crippen LogP contribution in [0.2, 0.25) is 0 Å². The Morgan fingerprint density at radius 3 is 2.22 bits per heavy atom. The molecule has 54 valence electrons. The van der Waals surface area contributed by atoms with E-state index in [9.17, 15) is 5.11 Å². The molecule has 9 heavy (non-hydrogen) atoms. The van der Waals surface area contributed by atoms with Crippen LogP contribution in [0.25, 0.3) is 0 Å². The topological polar surface area (TPSA) is 46.2 Å². The third kappa shape index (κ3) is 1.43. The third-order valence-corrected chi connectivity index (χ3v) is 2.12. The molecule has 0 aromatic carbocycles. The number of nitrogens with two attached hydrogens (primary N) is 1. The summed E-state index contributed by atoms with van der Waals surface area (Å²) in [6.07, 6.45) is 1.54. The molecule has 0 aromatic heterocycles. The van der Waals surface area contributed by atoms with Crippen molar-refractivity contribution < 1.29 is 5.11 Å². The van der Waals surface area contributed by atoms with Crippen molar-refractivity contribution in [1.29, 1.82) is 0 Å². The van der Waals surface area contributed by atoms with Crippen LogP contribution in [-0.4, -0.2) is 16.7 Å². The monoisotopic (exact) mass is 129 g/mol. The van der Waals surface area contributed by atoms with E-state index in [4.69, 9.17) is 5.73 Å². The SMILES string of the molecule is C[C@@H]1C[C@@](C)(N)C[C@H]1O. The molecule has 0 bridgehead atoms. The van der Waals surface area contributed by atoms with Gasteiger partial charge in [0.15, 0.2) is 0 Å². The Morgan fingerprint density at radius 1 is 1.56 bits per heavy atom. The maximum absolute atomic E-state index is 9.25. The van der Waals surface area contributed by atoms with E-state index in [2.05, 4.69) is 0 Å². The highest BCUT2D eigenvalue weighted by molar-refractivity contribution is 4.93. The molecule has 2 nitrogen and oxygen atoms in total. The summed E-state index contributed by atoms with van der Waals surface area (Å²) in [4.78, 5) is 0. The number of aliphatic hydroxyl groups excluding tert-OH is 1. The molecule has 0 saturated heterocycles. The predicted molar refractivity (Wildman–Crippen MR) is 37.0 cm³/mol. The van der Waals surface area contributed by atoms with Crippen LogP contribution in [-0.2, 0) is 0 Å². The van der Waals surface area contributed by atoms with E-state index < -0.39 is 0 Å². The van der Waals surface area contributed by atoms with Crippen molar-refractivity contribution in [3.8, 4) is 0 Å². The van der Waals surface area contributed by atoms with Crippen molar-refractivity contribution >= 4 is 0 Å². The molecular formula is C7H15NO. The molecule has 2 heteroatoms. The van der Waals surface area contributed by atoms with E-state index in [0.717, 1.165) is 12.8 Å². The van der Waals surface area contributed by atoms with Crippen LogP contribution in [0.1, 0.15) is 26.7 Å². The van der Waals surface area contributed by atoms with Crippen LogP contribution >= 0.6 is 0 Å². The van der Waals surface area contributed by atoms with E-state index in [-0.39, 0.29) is 11.6 Å². The van der Waals surface area contributed by atoms with E-state index in [0.29, 0.717) is 5.92 Å². The Hall–Kier alpha value is -0.0800. The molecule has 3 N–H and O–H groups in total. The van der Waals surface area contributed by atoms with Crippen LogP contribution < -0.4 is 5.73 Å². The molecular weight excluding hydrogens is 114 g/mol. The van der Waals surface area contributed by atoms with Crippen LogP contribution in [0.5, 0.6) is 0 Å². The Bertz CT molecular complexity index is 99.5. The largest absolute Gasteiger partial charge is 0.393 e. The van der Waals surface area contributed by atoms with Crippen molar-refractivity contribution in [2.45, 2.75) is 38.3 Å². The van der Waals surface area contributed by atoms with Crippen LogP contribution in [0, 0.1) is 5.92 Å². The first-order valence-electron chi connectivity index (χ1n) is 3.48. The fourth-order valence-electron chi connectivity index (χ4n) is 1.63. The van der Waals surface area contributed by atoms with Gasteiger partial charge in [-0.2, -0.15) is 0 Å². The second-order valence-electron chi connectivity index (χ2n) is 3.61. The molecule has 0 spiro atoms. The van der Waals surface area contributed by atoms with Crippen molar-refractivity contribution in [3.05, 3.63) is 0 Å². The smallest absolute Gasteiger partial charge is 0.0583 e. The summed E-state index contributed by atoms with van der Waals surface area (Å²) in [5, 5.41) is 9.25. The van der Waals surface area contributed by atoms with Gasteiger partial charge < -0.3 is 10.8 Å². The van der Waals surface area contributed by atoms with Gasteiger partial charge in [0.2, 0.25) is 0 Å². The number of rotatable bonds is 0. The van der Waals surface area contributed by atoms with E-state index >= 15 is 0 Å². The second kappa shape index (κ2) is 1.96. The maximum atomic E-state index is 9.25. The fourth-order valence-corrected chi connectivity index (χ4v) is 1.63. The van der Waals surface area contributed by atoms with Gasteiger partial charge in [-0.3, -0.25) is 0 Å². The van der Waals surface area contributed by atoms with Gasteiger partial charge in [0.25, 0.3) is 0 Å². The lowest BCUT2D eigenvalue weighted by molar-refractivity contribution is 0.138. The predicted octanol–water partition coefficient (Wildman–Crippen LogP) is 0.495. The minimum Gasteiger partial charge on any atom is -0.393 e. The van der Waals surface area contributed by atoms with E-state index in [1.807, 2.05) is 13.8 Å². The lowest BCUT2D eigenvalue weighted by Crippen LogP contribution is -2.32. The van der Waals surface area contributed by atoms with Crippen molar-refractivity contribution in [3.63, 3.8) is 0 Å². The first kappa shape index (κ1) is 7.03.